The first kappa shape index (κ1) is 16.5. The van der Waals surface area contributed by atoms with Crippen LogP contribution in [0.4, 0.5) is 5.69 Å². The molecule has 112 valence electrons. The molecule has 1 aromatic rings. The first-order valence-corrected chi connectivity index (χ1v) is 6.94. The molecule has 0 saturated heterocycles. The number of hydrogen-bond donors (Lipinski definition) is 3. The second-order valence-electron chi connectivity index (χ2n) is 6.57. The zero-order valence-electron chi connectivity index (χ0n) is 12.9. The number of nitrogen functional groups attached to an aromatic ring is 1. The lowest BCUT2D eigenvalue weighted by Gasteiger charge is -2.29. The molecule has 0 heterocycles. The molecule has 20 heavy (non-hydrogen) atoms. The Kier molecular flexibility index (Phi) is 5.17. The van der Waals surface area contributed by atoms with E-state index >= 15 is 0 Å². The molecular formula is C16H26N2O2. The Bertz CT molecular complexity index is 450. The predicted molar refractivity (Wildman–Crippen MR) is 82.4 cm³/mol. The second kappa shape index (κ2) is 6.27. The quantitative estimate of drug-likeness (QED) is 0.697. The SMILES string of the molecule is CC(C)(CCO)CNC(=O)C(C)(C)c1ccc(N)cc1. The van der Waals surface area contributed by atoms with Crippen molar-refractivity contribution in [3.63, 3.8) is 0 Å². The van der Waals surface area contributed by atoms with Crippen molar-refractivity contribution in [1.29, 1.82) is 0 Å². The lowest BCUT2D eigenvalue weighted by atomic mass is 9.82. The molecule has 1 amide bonds. The van der Waals surface area contributed by atoms with Gasteiger partial charge in [-0.1, -0.05) is 26.0 Å². The summed E-state index contributed by atoms with van der Waals surface area (Å²) in [5, 5.41) is 12.0. The summed E-state index contributed by atoms with van der Waals surface area (Å²) in [6.07, 6.45) is 0.662. The molecule has 0 unspecified atom stereocenters. The summed E-state index contributed by atoms with van der Waals surface area (Å²) < 4.78 is 0. The summed E-state index contributed by atoms with van der Waals surface area (Å²) in [5.74, 6) is -0.0201. The summed E-state index contributed by atoms with van der Waals surface area (Å²) in [5.41, 5.74) is 6.58. The van der Waals surface area contributed by atoms with Gasteiger partial charge in [0.05, 0.1) is 5.41 Å². The molecule has 1 aromatic carbocycles. The van der Waals surface area contributed by atoms with Crippen LogP contribution < -0.4 is 11.1 Å². The van der Waals surface area contributed by atoms with E-state index in [9.17, 15) is 4.79 Å². The van der Waals surface area contributed by atoms with E-state index in [0.29, 0.717) is 18.7 Å². The van der Waals surface area contributed by atoms with Gasteiger partial charge in [-0.3, -0.25) is 4.79 Å². The first-order chi connectivity index (χ1) is 9.19. The minimum absolute atomic E-state index is 0.0201. The number of nitrogens with two attached hydrogens (primary N) is 1. The van der Waals surface area contributed by atoms with Crippen LogP contribution in [0, 0.1) is 5.41 Å². The number of carbonyl (C=O) groups is 1. The van der Waals surface area contributed by atoms with Crippen molar-refractivity contribution in [2.24, 2.45) is 5.41 Å². The van der Waals surface area contributed by atoms with Crippen molar-refractivity contribution in [1.82, 2.24) is 5.32 Å². The third-order valence-corrected chi connectivity index (χ3v) is 3.72. The summed E-state index contributed by atoms with van der Waals surface area (Å²) in [6.45, 7) is 8.52. The standard InChI is InChI=1S/C16H26N2O2/c1-15(2,9-10-19)11-18-14(20)16(3,4)12-5-7-13(17)8-6-12/h5-8,19H,9-11,17H2,1-4H3,(H,18,20). The fourth-order valence-electron chi connectivity index (χ4n) is 1.96. The maximum atomic E-state index is 12.4. The number of aliphatic hydroxyl groups excluding tert-OH is 1. The molecule has 4 nitrogen and oxygen atoms in total. The molecule has 0 aliphatic heterocycles. The zero-order valence-corrected chi connectivity index (χ0v) is 12.9. The van der Waals surface area contributed by atoms with Gasteiger partial charge in [-0.05, 0) is 43.4 Å². The number of anilines is 1. The van der Waals surface area contributed by atoms with Gasteiger partial charge >= 0.3 is 0 Å². The highest BCUT2D eigenvalue weighted by Crippen LogP contribution is 2.25. The number of rotatable bonds is 6. The van der Waals surface area contributed by atoms with Crippen LogP contribution in [0.5, 0.6) is 0 Å². The van der Waals surface area contributed by atoms with Crippen molar-refractivity contribution >= 4 is 11.6 Å². The first-order valence-electron chi connectivity index (χ1n) is 6.94. The summed E-state index contributed by atoms with van der Waals surface area (Å²) in [6, 6.07) is 7.38. The molecule has 0 bridgehead atoms. The van der Waals surface area contributed by atoms with Gasteiger partial charge in [-0.2, -0.15) is 0 Å². The number of amides is 1. The van der Waals surface area contributed by atoms with E-state index in [1.165, 1.54) is 0 Å². The Balaban J connectivity index is 2.72. The highest BCUT2D eigenvalue weighted by Gasteiger charge is 2.30. The fraction of sp³-hybridized carbons (Fsp3) is 0.562. The number of hydrogen-bond acceptors (Lipinski definition) is 3. The molecule has 0 radical (unpaired) electrons. The molecule has 0 aromatic heterocycles. The highest BCUT2D eigenvalue weighted by molar-refractivity contribution is 5.87. The number of carbonyl (C=O) groups excluding carboxylic acids is 1. The van der Waals surface area contributed by atoms with Gasteiger partial charge in [0.25, 0.3) is 0 Å². The van der Waals surface area contributed by atoms with Crippen LogP contribution in [0.1, 0.15) is 39.7 Å². The predicted octanol–water partition coefficient (Wildman–Crippen LogP) is 2.07. The fourth-order valence-corrected chi connectivity index (χ4v) is 1.96. The average Bonchev–Trinajstić information content (AvgIpc) is 2.36. The van der Waals surface area contributed by atoms with E-state index in [1.807, 2.05) is 39.8 Å². The maximum Gasteiger partial charge on any atom is 0.230 e. The molecular weight excluding hydrogens is 252 g/mol. The molecule has 4 N–H and O–H groups in total. The van der Waals surface area contributed by atoms with Crippen LogP contribution in [-0.4, -0.2) is 24.2 Å². The van der Waals surface area contributed by atoms with Crippen LogP contribution in [0.3, 0.4) is 0 Å². The van der Waals surface area contributed by atoms with Crippen LogP contribution in [0.2, 0.25) is 0 Å². The van der Waals surface area contributed by atoms with E-state index in [2.05, 4.69) is 5.32 Å². The highest BCUT2D eigenvalue weighted by atomic mass is 16.3. The Labute approximate surface area is 121 Å². The topological polar surface area (TPSA) is 75.3 Å². The van der Waals surface area contributed by atoms with E-state index in [-0.39, 0.29) is 17.9 Å². The minimum Gasteiger partial charge on any atom is -0.399 e. The third kappa shape index (κ3) is 4.23. The number of nitrogens with one attached hydrogen (secondary N) is 1. The van der Waals surface area contributed by atoms with Crippen molar-refractivity contribution < 1.29 is 9.90 Å². The van der Waals surface area contributed by atoms with Gasteiger partial charge in [0, 0.05) is 18.8 Å². The van der Waals surface area contributed by atoms with E-state index in [1.54, 1.807) is 12.1 Å². The van der Waals surface area contributed by atoms with E-state index < -0.39 is 5.41 Å². The second-order valence-corrected chi connectivity index (χ2v) is 6.57. The molecule has 0 saturated carbocycles. The van der Waals surface area contributed by atoms with Crippen LogP contribution in [0.25, 0.3) is 0 Å². The van der Waals surface area contributed by atoms with Crippen LogP contribution in [0.15, 0.2) is 24.3 Å². The van der Waals surface area contributed by atoms with Gasteiger partial charge in [-0.15, -0.1) is 0 Å². The molecule has 0 aliphatic rings. The van der Waals surface area contributed by atoms with E-state index in [0.717, 1.165) is 5.56 Å². The summed E-state index contributed by atoms with van der Waals surface area (Å²) in [4.78, 5) is 12.4. The number of benzene rings is 1. The van der Waals surface area contributed by atoms with Gasteiger partial charge < -0.3 is 16.2 Å². The van der Waals surface area contributed by atoms with Gasteiger partial charge in [0.2, 0.25) is 5.91 Å². The Morgan fingerprint density at radius 1 is 1.20 bits per heavy atom. The van der Waals surface area contributed by atoms with Crippen molar-refractivity contribution in [3.8, 4) is 0 Å². The van der Waals surface area contributed by atoms with Gasteiger partial charge in [0.1, 0.15) is 0 Å². The Morgan fingerprint density at radius 3 is 2.25 bits per heavy atom. The molecule has 0 spiro atoms. The molecule has 4 heteroatoms. The monoisotopic (exact) mass is 278 g/mol. The minimum atomic E-state index is -0.608. The van der Waals surface area contributed by atoms with Crippen molar-refractivity contribution in [3.05, 3.63) is 29.8 Å². The molecule has 0 aliphatic carbocycles. The zero-order chi connectivity index (χ0) is 15.4. The molecule has 0 fully saturated rings. The normalized spacial score (nSPS) is 12.2. The van der Waals surface area contributed by atoms with Gasteiger partial charge in [0.15, 0.2) is 0 Å². The largest absolute Gasteiger partial charge is 0.399 e. The third-order valence-electron chi connectivity index (χ3n) is 3.72. The van der Waals surface area contributed by atoms with Crippen molar-refractivity contribution in [2.75, 3.05) is 18.9 Å². The van der Waals surface area contributed by atoms with Crippen LogP contribution >= 0.6 is 0 Å². The molecule has 0 atom stereocenters. The Hall–Kier alpha value is -1.55. The lowest BCUT2D eigenvalue weighted by molar-refractivity contribution is -0.126. The van der Waals surface area contributed by atoms with E-state index in [4.69, 9.17) is 10.8 Å². The lowest BCUT2D eigenvalue weighted by Crippen LogP contribution is -2.44. The maximum absolute atomic E-state index is 12.4. The summed E-state index contributed by atoms with van der Waals surface area (Å²) >= 11 is 0. The average molecular weight is 278 g/mol. The smallest absolute Gasteiger partial charge is 0.230 e. The summed E-state index contributed by atoms with van der Waals surface area (Å²) in [7, 11) is 0. The van der Waals surface area contributed by atoms with Crippen LogP contribution in [-0.2, 0) is 10.2 Å². The van der Waals surface area contributed by atoms with Gasteiger partial charge in [-0.25, -0.2) is 0 Å². The Morgan fingerprint density at radius 2 is 1.75 bits per heavy atom. The molecule has 1 rings (SSSR count). The number of aliphatic hydroxyl groups is 1. The van der Waals surface area contributed by atoms with Crippen molar-refractivity contribution in [2.45, 2.75) is 39.5 Å².